The molecule has 9 heteroatoms. The van der Waals surface area contributed by atoms with Gasteiger partial charge in [0.15, 0.2) is 0 Å². The number of hydrogen-bond acceptors (Lipinski definition) is 6. The van der Waals surface area contributed by atoms with E-state index in [4.69, 9.17) is 4.74 Å². The monoisotopic (exact) mass is 388 g/mol. The number of amides is 1. The highest BCUT2D eigenvalue weighted by Crippen LogP contribution is 2.22. The molecule has 1 unspecified atom stereocenters. The maximum Gasteiger partial charge on any atom is 0.312 e. The minimum Gasteiger partial charge on any atom is -0.463 e. The van der Waals surface area contributed by atoms with Gasteiger partial charge in [0.25, 0.3) is 0 Å². The average Bonchev–Trinajstić information content (AvgIpc) is 2.87. The second-order valence-corrected chi connectivity index (χ2v) is 6.71. The molecule has 2 rings (SSSR count). The van der Waals surface area contributed by atoms with Crippen LogP contribution in [0.15, 0.2) is 30.3 Å². The summed E-state index contributed by atoms with van der Waals surface area (Å²) in [5.74, 6) is -0.836. The van der Waals surface area contributed by atoms with Crippen molar-refractivity contribution in [3.63, 3.8) is 0 Å². The summed E-state index contributed by atoms with van der Waals surface area (Å²) in [5, 5.41) is 18.0. The number of aromatic nitrogens is 2. The van der Waals surface area contributed by atoms with Crippen molar-refractivity contribution in [3.8, 4) is 0 Å². The number of esters is 1. The first-order valence-corrected chi connectivity index (χ1v) is 8.91. The largest absolute Gasteiger partial charge is 0.463 e. The summed E-state index contributed by atoms with van der Waals surface area (Å²) in [4.78, 5) is 35.2. The first kappa shape index (κ1) is 21.1. The molecule has 1 N–H and O–H groups in total. The highest BCUT2D eigenvalue weighted by atomic mass is 16.6. The smallest absolute Gasteiger partial charge is 0.312 e. The molecule has 1 aromatic heterocycles. The Bertz CT molecular complexity index is 861. The third-order valence-electron chi connectivity index (χ3n) is 4.09. The van der Waals surface area contributed by atoms with Crippen LogP contribution in [0.4, 0.5) is 5.69 Å². The second kappa shape index (κ2) is 9.12. The molecule has 0 aliphatic heterocycles. The molecular formula is C19H24N4O5. The zero-order chi connectivity index (χ0) is 20.8. The Labute approximate surface area is 162 Å². The van der Waals surface area contributed by atoms with Gasteiger partial charge >= 0.3 is 11.7 Å². The Morgan fingerprint density at radius 1 is 1.25 bits per heavy atom. The number of carbonyl (C=O) groups excluding carboxylic acids is 2. The normalized spacial score (nSPS) is 11.9. The van der Waals surface area contributed by atoms with E-state index in [9.17, 15) is 19.7 Å². The molecule has 0 radical (unpaired) electrons. The van der Waals surface area contributed by atoms with E-state index in [-0.39, 0.29) is 30.5 Å². The van der Waals surface area contributed by atoms with E-state index in [1.165, 1.54) is 11.6 Å². The van der Waals surface area contributed by atoms with Gasteiger partial charge in [-0.3, -0.25) is 24.4 Å². The summed E-state index contributed by atoms with van der Waals surface area (Å²) in [6.07, 6.45) is -0.277. The van der Waals surface area contributed by atoms with Gasteiger partial charge in [-0.05, 0) is 33.3 Å². The van der Waals surface area contributed by atoms with Crippen LogP contribution in [0.2, 0.25) is 0 Å². The summed E-state index contributed by atoms with van der Waals surface area (Å²) in [6, 6.07) is 8.50. The van der Waals surface area contributed by atoms with Gasteiger partial charge in [-0.15, -0.1) is 0 Å². The van der Waals surface area contributed by atoms with E-state index in [0.717, 1.165) is 5.56 Å². The Balaban J connectivity index is 2.15. The van der Waals surface area contributed by atoms with Crippen LogP contribution in [0.5, 0.6) is 0 Å². The predicted octanol–water partition coefficient (Wildman–Crippen LogP) is 2.61. The van der Waals surface area contributed by atoms with E-state index < -0.39 is 22.8 Å². The van der Waals surface area contributed by atoms with Crippen LogP contribution in [0.3, 0.4) is 0 Å². The maximum atomic E-state index is 12.5. The number of carbonyl (C=O) groups is 2. The number of aryl methyl sites for hydroxylation is 1. The SMILES string of the molecule is Cc1nn(CC(=O)NC(CC(=O)OC(C)C)c2ccccc2)c(C)c1[N+](=O)[O-]. The molecule has 2 aromatic rings. The van der Waals surface area contributed by atoms with E-state index in [1.807, 2.05) is 30.3 Å². The van der Waals surface area contributed by atoms with Crippen molar-refractivity contribution in [1.29, 1.82) is 0 Å². The molecule has 0 saturated carbocycles. The molecule has 9 nitrogen and oxygen atoms in total. The molecule has 1 aromatic carbocycles. The van der Waals surface area contributed by atoms with E-state index in [2.05, 4.69) is 10.4 Å². The van der Waals surface area contributed by atoms with E-state index in [0.29, 0.717) is 5.69 Å². The van der Waals surface area contributed by atoms with Crippen molar-refractivity contribution in [2.75, 3.05) is 0 Å². The number of nitrogens with zero attached hydrogens (tertiary/aromatic N) is 3. The van der Waals surface area contributed by atoms with Gasteiger partial charge in [0, 0.05) is 0 Å². The lowest BCUT2D eigenvalue weighted by Crippen LogP contribution is -2.34. The Hall–Kier alpha value is -3.23. The molecule has 0 spiro atoms. The highest BCUT2D eigenvalue weighted by molar-refractivity contribution is 5.78. The van der Waals surface area contributed by atoms with Crippen molar-refractivity contribution < 1.29 is 19.2 Å². The number of ether oxygens (including phenoxy) is 1. The molecule has 150 valence electrons. The van der Waals surface area contributed by atoms with Crippen LogP contribution in [0.25, 0.3) is 0 Å². The lowest BCUT2D eigenvalue weighted by molar-refractivity contribution is -0.386. The van der Waals surface area contributed by atoms with Gasteiger partial charge in [0.05, 0.1) is 23.5 Å². The van der Waals surface area contributed by atoms with Gasteiger partial charge in [-0.2, -0.15) is 5.10 Å². The predicted molar refractivity (Wildman–Crippen MR) is 102 cm³/mol. The number of hydrogen-bond donors (Lipinski definition) is 1. The molecule has 0 bridgehead atoms. The van der Waals surface area contributed by atoms with Crippen molar-refractivity contribution in [3.05, 3.63) is 57.4 Å². The van der Waals surface area contributed by atoms with Gasteiger partial charge in [0.2, 0.25) is 5.91 Å². The molecule has 1 amide bonds. The molecule has 0 aliphatic rings. The van der Waals surface area contributed by atoms with Gasteiger partial charge < -0.3 is 10.1 Å². The van der Waals surface area contributed by atoms with E-state index >= 15 is 0 Å². The first-order chi connectivity index (χ1) is 13.2. The highest BCUT2D eigenvalue weighted by Gasteiger charge is 2.24. The number of nitro groups is 1. The van der Waals surface area contributed by atoms with Gasteiger partial charge in [-0.1, -0.05) is 30.3 Å². The summed E-state index contributed by atoms with van der Waals surface area (Å²) in [5.41, 5.74) is 1.20. The molecule has 1 heterocycles. The summed E-state index contributed by atoms with van der Waals surface area (Å²) >= 11 is 0. The van der Waals surface area contributed by atoms with Crippen molar-refractivity contribution in [2.24, 2.45) is 0 Å². The molecule has 1 atom stereocenters. The summed E-state index contributed by atoms with van der Waals surface area (Å²) < 4.78 is 6.47. The molecule has 28 heavy (non-hydrogen) atoms. The third-order valence-corrected chi connectivity index (χ3v) is 4.09. The fourth-order valence-corrected chi connectivity index (χ4v) is 2.90. The van der Waals surface area contributed by atoms with Crippen molar-refractivity contribution in [1.82, 2.24) is 15.1 Å². The van der Waals surface area contributed by atoms with Crippen LogP contribution >= 0.6 is 0 Å². The zero-order valence-corrected chi connectivity index (χ0v) is 16.3. The Kier molecular flexibility index (Phi) is 6.86. The lowest BCUT2D eigenvalue weighted by atomic mass is 10.0. The van der Waals surface area contributed by atoms with Crippen LogP contribution in [0.1, 0.15) is 43.3 Å². The van der Waals surface area contributed by atoms with Crippen LogP contribution in [0, 0.1) is 24.0 Å². The molecule has 0 saturated heterocycles. The van der Waals surface area contributed by atoms with Gasteiger partial charge in [-0.25, -0.2) is 0 Å². The van der Waals surface area contributed by atoms with Gasteiger partial charge in [0.1, 0.15) is 17.9 Å². The fourth-order valence-electron chi connectivity index (χ4n) is 2.90. The number of rotatable bonds is 8. The first-order valence-electron chi connectivity index (χ1n) is 8.91. The Morgan fingerprint density at radius 2 is 1.89 bits per heavy atom. The molecule has 0 fully saturated rings. The number of nitrogens with one attached hydrogen (secondary N) is 1. The quantitative estimate of drug-likeness (QED) is 0.422. The maximum absolute atomic E-state index is 12.5. The summed E-state index contributed by atoms with van der Waals surface area (Å²) in [6.45, 7) is 6.38. The van der Waals surface area contributed by atoms with Crippen LogP contribution < -0.4 is 5.32 Å². The summed E-state index contributed by atoms with van der Waals surface area (Å²) in [7, 11) is 0. The second-order valence-electron chi connectivity index (χ2n) is 6.71. The molecular weight excluding hydrogens is 364 g/mol. The standard InChI is InChI=1S/C19H24N4O5/c1-12(2)28-18(25)10-16(15-8-6-5-7-9-15)20-17(24)11-22-14(4)19(23(26)27)13(3)21-22/h5-9,12,16H,10-11H2,1-4H3,(H,20,24). The zero-order valence-electron chi connectivity index (χ0n) is 16.3. The number of benzene rings is 1. The Morgan fingerprint density at radius 3 is 2.43 bits per heavy atom. The topological polar surface area (TPSA) is 116 Å². The molecule has 0 aliphatic carbocycles. The minimum atomic E-state index is -0.577. The third kappa shape index (κ3) is 5.38. The van der Waals surface area contributed by atoms with Crippen molar-refractivity contribution in [2.45, 2.75) is 52.8 Å². The van der Waals surface area contributed by atoms with Crippen LogP contribution in [-0.4, -0.2) is 32.7 Å². The van der Waals surface area contributed by atoms with Crippen LogP contribution in [-0.2, 0) is 20.9 Å². The van der Waals surface area contributed by atoms with Crippen molar-refractivity contribution >= 4 is 17.6 Å². The fraction of sp³-hybridized carbons (Fsp3) is 0.421. The lowest BCUT2D eigenvalue weighted by Gasteiger charge is -2.19. The average molecular weight is 388 g/mol. The van der Waals surface area contributed by atoms with E-state index in [1.54, 1.807) is 20.8 Å². The minimum absolute atomic E-state index is 0.0226.